The largest absolute Gasteiger partial charge is 0.325 e. The van der Waals surface area contributed by atoms with E-state index in [2.05, 4.69) is 27.9 Å². The number of halogens is 4. The number of carbonyl (C=O) groups is 1. The summed E-state index contributed by atoms with van der Waals surface area (Å²) in [4.78, 5) is 12.7. The minimum absolute atomic E-state index is 0.00198. The standard InChI is InChI=1S/C21H16Cl3IN2O3S/c22-14-4-10-17(11-5-14)31(29,30)27(12-18-19(23)2-1-3-20(18)24)13-21(28)26-16-8-6-15(25)7-9-16/h1-11H,12-13H2,(H,26,28). The molecule has 5 nitrogen and oxygen atoms in total. The number of nitrogens with zero attached hydrogens (tertiary/aromatic N) is 1. The van der Waals surface area contributed by atoms with Crippen molar-refractivity contribution in [3.05, 3.63) is 90.9 Å². The molecule has 0 atom stereocenters. The van der Waals surface area contributed by atoms with E-state index >= 15 is 0 Å². The topological polar surface area (TPSA) is 66.5 Å². The van der Waals surface area contributed by atoms with E-state index in [-0.39, 0.29) is 11.4 Å². The molecule has 3 rings (SSSR count). The van der Waals surface area contributed by atoms with Gasteiger partial charge in [0.15, 0.2) is 0 Å². The maximum Gasteiger partial charge on any atom is 0.243 e. The van der Waals surface area contributed by atoms with E-state index in [1.54, 1.807) is 30.3 Å². The molecule has 0 saturated carbocycles. The average molecular weight is 610 g/mol. The van der Waals surface area contributed by atoms with Crippen molar-refractivity contribution in [2.45, 2.75) is 11.4 Å². The Kier molecular flexibility index (Phi) is 8.23. The van der Waals surface area contributed by atoms with Gasteiger partial charge in [-0.15, -0.1) is 0 Å². The zero-order valence-electron chi connectivity index (χ0n) is 15.9. The minimum Gasteiger partial charge on any atom is -0.325 e. The molecule has 0 unspecified atom stereocenters. The van der Waals surface area contributed by atoms with E-state index in [1.807, 2.05) is 12.1 Å². The molecule has 0 aliphatic heterocycles. The maximum absolute atomic E-state index is 13.3. The predicted octanol–water partition coefficient (Wildman–Crippen LogP) is 6.08. The van der Waals surface area contributed by atoms with Crippen LogP contribution in [0.1, 0.15) is 5.56 Å². The lowest BCUT2D eigenvalue weighted by molar-refractivity contribution is -0.116. The van der Waals surface area contributed by atoms with Gasteiger partial charge in [-0.2, -0.15) is 4.31 Å². The fourth-order valence-electron chi connectivity index (χ4n) is 2.74. The fraction of sp³-hybridized carbons (Fsp3) is 0.0952. The lowest BCUT2D eigenvalue weighted by Gasteiger charge is -2.23. The predicted molar refractivity (Wildman–Crippen MR) is 133 cm³/mol. The van der Waals surface area contributed by atoms with Crippen molar-refractivity contribution in [2.24, 2.45) is 0 Å². The van der Waals surface area contributed by atoms with E-state index in [9.17, 15) is 13.2 Å². The molecule has 0 radical (unpaired) electrons. The summed E-state index contributed by atoms with van der Waals surface area (Å²) in [5.74, 6) is -0.498. The third-order valence-corrected chi connectivity index (χ3v) is 7.78. The van der Waals surface area contributed by atoms with Gasteiger partial charge in [0, 0.05) is 36.4 Å². The van der Waals surface area contributed by atoms with Crippen molar-refractivity contribution in [3.8, 4) is 0 Å². The van der Waals surface area contributed by atoms with Gasteiger partial charge in [-0.1, -0.05) is 40.9 Å². The van der Waals surface area contributed by atoms with E-state index in [0.717, 1.165) is 7.88 Å². The quantitative estimate of drug-likeness (QED) is 0.330. The number of hydrogen-bond donors (Lipinski definition) is 1. The highest BCUT2D eigenvalue weighted by atomic mass is 127. The molecule has 0 aliphatic carbocycles. The van der Waals surface area contributed by atoms with Gasteiger partial charge < -0.3 is 5.32 Å². The number of benzene rings is 3. The molecule has 0 fully saturated rings. The number of rotatable bonds is 7. The van der Waals surface area contributed by atoms with Crippen LogP contribution in [0, 0.1) is 3.57 Å². The summed E-state index contributed by atoms with van der Waals surface area (Å²) in [5.41, 5.74) is 0.968. The van der Waals surface area contributed by atoms with Crippen LogP contribution >= 0.6 is 57.4 Å². The molecule has 0 spiro atoms. The first-order valence-corrected chi connectivity index (χ1v) is 12.6. The van der Waals surface area contributed by atoms with Gasteiger partial charge >= 0.3 is 0 Å². The zero-order chi connectivity index (χ0) is 22.6. The number of nitrogens with one attached hydrogen (secondary N) is 1. The lowest BCUT2D eigenvalue weighted by atomic mass is 10.2. The second kappa shape index (κ2) is 10.5. The van der Waals surface area contributed by atoms with Crippen molar-refractivity contribution < 1.29 is 13.2 Å². The van der Waals surface area contributed by atoms with Gasteiger partial charge in [0.2, 0.25) is 15.9 Å². The van der Waals surface area contributed by atoms with E-state index < -0.39 is 22.5 Å². The normalized spacial score (nSPS) is 11.5. The van der Waals surface area contributed by atoms with E-state index in [0.29, 0.717) is 26.3 Å². The molecule has 0 heterocycles. The number of anilines is 1. The molecule has 10 heteroatoms. The molecule has 1 N–H and O–H groups in total. The van der Waals surface area contributed by atoms with Crippen LogP contribution in [0.3, 0.4) is 0 Å². The molecule has 0 bridgehead atoms. The highest BCUT2D eigenvalue weighted by Gasteiger charge is 2.28. The maximum atomic E-state index is 13.3. The number of hydrogen-bond acceptors (Lipinski definition) is 3. The molecular formula is C21H16Cl3IN2O3S. The van der Waals surface area contributed by atoms with Crippen LogP contribution < -0.4 is 5.32 Å². The van der Waals surface area contributed by atoms with Crippen molar-refractivity contribution in [3.63, 3.8) is 0 Å². The molecule has 0 aromatic heterocycles. The number of sulfonamides is 1. The highest BCUT2D eigenvalue weighted by molar-refractivity contribution is 14.1. The average Bonchev–Trinajstić information content (AvgIpc) is 2.72. The third-order valence-electron chi connectivity index (χ3n) is 4.30. The summed E-state index contributed by atoms with van der Waals surface area (Å²) in [6.45, 7) is -0.609. The van der Waals surface area contributed by atoms with Crippen LogP contribution in [-0.4, -0.2) is 25.2 Å². The Hall–Kier alpha value is -1.36. The van der Waals surface area contributed by atoms with Gasteiger partial charge in [0.1, 0.15) is 0 Å². The van der Waals surface area contributed by atoms with Crippen molar-refractivity contribution >= 4 is 79.0 Å². The third kappa shape index (κ3) is 6.34. The Labute approximate surface area is 209 Å². The Morgan fingerprint density at radius 3 is 2.06 bits per heavy atom. The first-order chi connectivity index (χ1) is 14.7. The summed E-state index contributed by atoms with van der Waals surface area (Å²) < 4.78 is 28.7. The van der Waals surface area contributed by atoms with Gasteiger partial charge in [-0.05, 0) is 83.3 Å². The Bertz CT molecular complexity index is 1170. The summed E-state index contributed by atoms with van der Waals surface area (Å²) in [6.07, 6.45) is 0. The first kappa shape index (κ1) is 24.3. The van der Waals surface area contributed by atoms with E-state index in [4.69, 9.17) is 34.8 Å². The van der Waals surface area contributed by atoms with Gasteiger partial charge in [0.05, 0.1) is 11.4 Å². The van der Waals surface area contributed by atoms with Crippen LogP contribution in [0.5, 0.6) is 0 Å². The van der Waals surface area contributed by atoms with Crippen LogP contribution in [-0.2, 0) is 21.4 Å². The molecule has 31 heavy (non-hydrogen) atoms. The number of carbonyl (C=O) groups excluding carboxylic acids is 1. The summed E-state index contributed by atoms with van der Waals surface area (Å²) in [6, 6.07) is 17.8. The van der Waals surface area contributed by atoms with E-state index in [1.165, 1.54) is 24.3 Å². The van der Waals surface area contributed by atoms with Gasteiger partial charge in [-0.25, -0.2) is 8.42 Å². The van der Waals surface area contributed by atoms with Crippen LogP contribution in [0.15, 0.2) is 71.6 Å². The second-order valence-corrected chi connectivity index (χ2v) is 10.9. The van der Waals surface area contributed by atoms with Gasteiger partial charge in [-0.3, -0.25) is 4.79 Å². The summed E-state index contributed by atoms with van der Waals surface area (Å²) in [7, 11) is -4.05. The van der Waals surface area contributed by atoms with Crippen LogP contribution in [0.2, 0.25) is 15.1 Å². The smallest absolute Gasteiger partial charge is 0.243 e. The van der Waals surface area contributed by atoms with Crippen LogP contribution in [0.4, 0.5) is 5.69 Å². The Morgan fingerprint density at radius 1 is 0.903 bits per heavy atom. The molecule has 162 valence electrons. The lowest BCUT2D eigenvalue weighted by Crippen LogP contribution is -2.37. The zero-order valence-corrected chi connectivity index (χ0v) is 21.1. The first-order valence-electron chi connectivity index (χ1n) is 8.91. The minimum atomic E-state index is -4.05. The van der Waals surface area contributed by atoms with Crippen molar-refractivity contribution in [2.75, 3.05) is 11.9 Å². The summed E-state index contributed by atoms with van der Waals surface area (Å²) >= 11 is 20.5. The molecule has 0 aliphatic rings. The van der Waals surface area contributed by atoms with Crippen LogP contribution in [0.25, 0.3) is 0 Å². The van der Waals surface area contributed by atoms with Gasteiger partial charge in [0.25, 0.3) is 0 Å². The number of amides is 1. The molecule has 0 saturated heterocycles. The molecule has 3 aromatic rings. The molecule has 1 amide bonds. The fourth-order valence-corrected chi connectivity index (χ4v) is 5.10. The monoisotopic (exact) mass is 608 g/mol. The van der Waals surface area contributed by atoms with Crippen molar-refractivity contribution in [1.82, 2.24) is 4.31 Å². The summed E-state index contributed by atoms with van der Waals surface area (Å²) in [5, 5.41) is 3.73. The SMILES string of the molecule is O=C(CN(Cc1c(Cl)cccc1Cl)S(=O)(=O)c1ccc(Cl)cc1)Nc1ccc(I)cc1. The second-order valence-electron chi connectivity index (χ2n) is 6.48. The highest BCUT2D eigenvalue weighted by Crippen LogP contribution is 2.28. The Balaban J connectivity index is 1.92. The molecular weight excluding hydrogens is 594 g/mol. The molecule has 3 aromatic carbocycles. The van der Waals surface area contributed by atoms with Crippen molar-refractivity contribution in [1.29, 1.82) is 0 Å². The Morgan fingerprint density at radius 2 is 1.48 bits per heavy atom.